The minimum Gasteiger partial charge on any atom is -0.425 e. The molecular weight excluding hydrogens is 398 g/mol. The number of fused-ring (bicyclic) bond motifs is 1. The zero-order valence-corrected chi connectivity index (χ0v) is 17.6. The van der Waals surface area contributed by atoms with Crippen molar-refractivity contribution in [3.63, 3.8) is 0 Å². The Labute approximate surface area is 168 Å². The van der Waals surface area contributed by atoms with Crippen LogP contribution in [-0.2, 0) is 22.3 Å². The number of hydrogen-bond donors (Lipinski definition) is 0. The van der Waals surface area contributed by atoms with E-state index in [2.05, 4.69) is 19.7 Å². The second-order valence-electron chi connectivity index (χ2n) is 6.76. The fourth-order valence-corrected chi connectivity index (χ4v) is 5.89. The second-order valence-corrected chi connectivity index (χ2v) is 9.64. The molecule has 8 nitrogen and oxygen atoms in total. The highest BCUT2D eigenvalue weighted by molar-refractivity contribution is 7.98. The lowest BCUT2D eigenvalue weighted by Crippen LogP contribution is -2.35. The molecule has 0 bridgehead atoms. The minimum atomic E-state index is -3.47. The van der Waals surface area contributed by atoms with E-state index in [4.69, 9.17) is 4.42 Å². The number of nitrogens with zero attached hydrogens (tertiary/aromatic N) is 5. The summed E-state index contributed by atoms with van der Waals surface area (Å²) in [5, 5.41) is 8.65. The highest BCUT2D eigenvalue weighted by Crippen LogP contribution is 2.29. The van der Waals surface area contributed by atoms with Gasteiger partial charge in [-0.2, -0.15) is 4.31 Å². The average Bonchev–Trinajstić information content (AvgIpc) is 3.28. The number of rotatable bonds is 6. The number of aryl methyl sites for hydroxylation is 2. The predicted octanol–water partition coefficient (Wildman–Crippen LogP) is 3.21. The highest BCUT2D eigenvalue weighted by Gasteiger charge is 2.26. The van der Waals surface area contributed by atoms with Crippen LogP contribution in [0.25, 0.3) is 11.0 Å². The van der Waals surface area contributed by atoms with Crippen LogP contribution in [0.2, 0.25) is 0 Å². The summed E-state index contributed by atoms with van der Waals surface area (Å²) in [4.78, 5) is 4.99. The molecule has 0 spiro atoms. The summed E-state index contributed by atoms with van der Waals surface area (Å²) in [7, 11) is -3.47. The van der Waals surface area contributed by atoms with Gasteiger partial charge in [-0.1, -0.05) is 18.2 Å². The average molecular weight is 422 g/mol. The summed E-state index contributed by atoms with van der Waals surface area (Å²) in [5.74, 6) is 1.60. The van der Waals surface area contributed by atoms with Crippen molar-refractivity contribution in [1.29, 1.82) is 0 Å². The predicted molar refractivity (Wildman–Crippen MR) is 107 cm³/mol. The molecule has 0 unspecified atom stereocenters. The van der Waals surface area contributed by atoms with Crippen LogP contribution in [0.1, 0.15) is 38.0 Å². The number of piperidine rings is 1. The Hall–Kier alpha value is -1.91. The topological polar surface area (TPSA) is 94.1 Å². The van der Waals surface area contributed by atoms with E-state index in [0.717, 1.165) is 36.5 Å². The Bertz CT molecular complexity index is 1080. The standard InChI is InChI=1S/C18H23N5O3S2/c1-3-23-16-8-7-14(28(24,25)22-9-5-4-6-10-22)11-15(16)19-18(23)27-12-17-21-20-13(2)26-17/h7-8,11H,3-6,9-10,12H2,1-2H3. The number of imidazole rings is 1. The Morgan fingerprint density at radius 1 is 1.18 bits per heavy atom. The molecule has 0 amide bonds. The molecule has 0 atom stereocenters. The SMILES string of the molecule is CCn1c(SCc2nnc(C)o2)nc2cc(S(=O)(=O)N3CCCCC3)ccc21. The van der Waals surface area contributed by atoms with Gasteiger partial charge in [0, 0.05) is 26.6 Å². The monoisotopic (exact) mass is 421 g/mol. The lowest BCUT2D eigenvalue weighted by Gasteiger charge is -2.25. The molecule has 0 aliphatic carbocycles. The molecule has 10 heteroatoms. The van der Waals surface area contributed by atoms with Gasteiger partial charge in [0.25, 0.3) is 0 Å². The van der Waals surface area contributed by atoms with Crippen molar-refractivity contribution in [3.05, 3.63) is 30.0 Å². The lowest BCUT2D eigenvalue weighted by molar-refractivity contribution is 0.346. The van der Waals surface area contributed by atoms with Gasteiger partial charge in [-0.15, -0.1) is 10.2 Å². The Morgan fingerprint density at radius 3 is 2.64 bits per heavy atom. The maximum absolute atomic E-state index is 13.0. The lowest BCUT2D eigenvalue weighted by atomic mass is 10.2. The molecule has 150 valence electrons. The molecule has 4 rings (SSSR count). The van der Waals surface area contributed by atoms with E-state index in [-0.39, 0.29) is 0 Å². The molecule has 3 aromatic rings. The molecule has 28 heavy (non-hydrogen) atoms. The molecular formula is C18H23N5O3S2. The van der Waals surface area contributed by atoms with Crippen molar-refractivity contribution in [2.45, 2.75) is 55.5 Å². The Kier molecular flexibility index (Phi) is 5.44. The Balaban J connectivity index is 1.64. The second kappa shape index (κ2) is 7.84. The van der Waals surface area contributed by atoms with Crippen LogP contribution in [-0.4, -0.2) is 45.6 Å². The first-order chi connectivity index (χ1) is 13.5. The number of thioether (sulfide) groups is 1. The summed E-state index contributed by atoms with van der Waals surface area (Å²) in [6, 6.07) is 5.23. The van der Waals surface area contributed by atoms with Crippen LogP contribution in [0, 0.1) is 6.92 Å². The van der Waals surface area contributed by atoms with Gasteiger partial charge in [0.15, 0.2) is 5.16 Å². The first-order valence-electron chi connectivity index (χ1n) is 9.41. The fourth-order valence-electron chi connectivity index (χ4n) is 3.44. The molecule has 1 saturated heterocycles. The van der Waals surface area contributed by atoms with Gasteiger partial charge in [-0.05, 0) is 38.0 Å². The molecule has 0 radical (unpaired) electrons. The van der Waals surface area contributed by atoms with Gasteiger partial charge in [-0.3, -0.25) is 0 Å². The molecule has 3 heterocycles. The van der Waals surface area contributed by atoms with Crippen LogP contribution in [0.4, 0.5) is 0 Å². The first kappa shape index (κ1) is 19.4. The van der Waals surface area contributed by atoms with Crippen molar-refractivity contribution in [3.8, 4) is 0 Å². The normalized spacial score (nSPS) is 16.1. The van der Waals surface area contributed by atoms with E-state index in [9.17, 15) is 8.42 Å². The third kappa shape index (κ3) is 3.68. The summed E-state index contributed by atoms with van der Waals surface area (Å²) in [6.07, 6.45) is 2.93. The Morgan fingerprint density at radius 2 is 1.96 bits per heavy atom. The van der Waals surface area contributed by atoms with Gasteiger partial charge in [0.05, 0.1) is 21.7 Å². The molecule has 2 aromatic heterocycles. The highest BCUT2D eigenvalue weighted by atomic mass is 32.2. The number of sulfonamides is 1. The molecule has 1 aliphatic heterocycles. The third-order valence-corrected chi connectivity index (χ3v) is 7.70. The van der Waals surface area contributed by atoms with Gasteiger partial charge < -0.3 is 8.98 Å². The van der Waals surface area contributed by atoms with Gasteiger partial charge in [-0.25, -0.2) is 13.4 Å². The maximum Gasteiger partial charge on any atom is 0.243 e. The summed E-state index contributed by atoms with van der Waals surface area (Å²) in [6.45, 7) is 5.72. The molecule has 1 aromatic carbocycles. The zero-order valence-electron chi connectivity index (χ0n) is 16.0. The number of benzene rings is 1. The van der Waals surface area contributed by atoms with E-state index in [1.807, 2.05) is 13.0 Å². The third-order valence-electron chi connectivity index (χ3n) is 4.85. The molecule has 0 N–H and O–H groups in total. The van der Waals surface area contributed by atoms with Gasteiger partial charge >= 0.3 is 0 Å². The summed E-state index contributed by atoms with van der Waals surface area (Å²) < 4.78 is 35.0. The smallest absolute Gasteiger partial charge is 0.243 e. The molecule has 1 fully saturated rings. The van der Waals surface area contributed by atoms with E-state index < -0.39 is 10.0 Å². The van der Waals surface area contributed by atoms with Crippen molar-refractivity contribution in [1.82, 2.24) is 24.1 Å². The van der Waals surface area contributed by atoms with Crippen molar-refractivity contribution in [2.24, 2.45) is 0 Å². The van der Waals surface area contributed by atoms with Crippen LogP contribution < -0.4 is 0 Å². The van der Waals surface area contributed by atoms with Crippen LogP contribution >= 0.6 is 11.8 Å². The quantitative estimate of drug-likeness (QED) is 0.564. The van der Waals surface area contributed by atoms with Crippen LogP contribution in [0.3, 0.4) is 0 Å². The summed E-state index contributed by atoms with van der Waals surface area (Å²) >= 11 is 1.50. The maximum atomic E-state index is 13.0. The van der Waals surface area contributed by atoms with E-state index in [1.165, 1.54) is 11.8 Å². The number of hydrogen-bond acceptors (Lipinski definition) is 7. The zero-order chi connectivity index (χ0) is 19.7. The van der Waals surface area contributed by atoms with E-state index in [1.54, 1.807) is 23.4 Å². The van der Waals surface area contributed by atoms with E-state index >= 15 is 0 Å². The van der Waals surface area contributed by atoms with Gasteiger partial charge in [0.1, 0.15) is 0 Å². The van der Waals surface area contributed by atoms with Crippen molar-refractivity contribution in [2.75, 3.05) is 13.1 Å². The van der Waals surface area contributed by atoms with Crippen molar-refractivity contribution >= 4 is 32.8 Å². The van der Waals surface area contributed by atoms with Crippen LogP contribution in [0.5, 0.6) is 0 Å². The number of aromatic nitrogens is 4. The van der Waals surface area contributed by atoms with Crippen molar-refractivity contribution < 1.29 is 12.8 Å². The summed E-state index contributed by atoms with van der Waals surface area (Å²) in [5.41, 5.74) is 1.61. The van der Waals surface area contributed by atoms with E-state index in [0.29, 0.717) is 41.0 Å². The van der Waals surface area contributed by atoms with Gasteiger partial charge in [0.2, 0.25) is 21.8 Å². The molecule has 0 saturated carbocycles. The van der Waals surface area contributed by atoms with Crippen LogP contribution in [0.15, 0.2) is 32.7 Å². The molecule has 1 aliphatic rings. The largest absolute Gasteiger partial charge is 0.425 e. The fraction of sp³-hybridized carbons (Fsp3) is 0.500. The first-order valence-corrected chi connectivity index (χ1v) is 11.8. The minimum absolute atomic E-state index is 0.312.